The van der Waals surface area contributed by atoms with Crippen LogP contribution in [0.1, 0.15) is 19.3 Å². The quantitative estimate of drug-likeness (QED) is 0.566. The van der Waals surface area contributed by atoms with E-state index in [1.54, 1.807) is 0 Å². The van der Waals surface area contributed by atoms with E-state index in [1.165, 1.54) is 0 Å². The van der Waals surface area contributed by atoms with Gasteiger partial charge in [-0.1, -0.05) is 0 Å². The van der Waals surface area contributed by atoms with E-state index in [1.807, 2.05) is 0 Å². The van der Waals surface area contributed by atoms with E-state index in [4.69, 9.17) is 4.74 Å². The van der Waals surface area contributed by atoms with Crippen LogP contribution in [0, 0.1) is 0 Å². The molecule has 3 heteroatoms. The molecule has 0 aromatic heterocycles. The topological polar surface area (TPSA) is 32.7 Å². The van der Waals surface area contributed by atoms with Gasteiger partial charge in [-0.3, -0.25) is 0 Å². The van der Waals surface area contributed by atoms with E-state index >= 15 is 0 Å². The van der Waals surface area contributed by atoms with Gasteiger partial charge in [-0.15, -0.1) is 0 Å². The third kappa shape index (κ3) is 1.49. The van der Waals surface area contributed by atoms with Crippen LogP contribution in [0.2, 0.25) is 0 Å². The summed E-state index contributed by atoms with van der Waals surface area (Å²) in [7, 11) is 2.14. The van der Waals surface area contributed by atoms with E-state index < -0.39 is 0 Å². The van der Waals surface area contributed by atoms with Crippen molar-refractivity contribution in [2.24, 2.45) is 0 Å². The van der Waals surface area contributed by atoms with Crippen molar-refractivity contribution >= 4 is 0 Å². The largest absolute Gasteiger partial charge is 0.391 e. The second-order valence-electron chi connectivity index (χ2n) is 4.16. The molecule has 0 aromatic rings. The first-order chi connectivity index (χ1) is 5.70. The molecule has 0 bridgehead atoms. The number of rotatable bonds is 0. The minimum absolute atomic E-state index is 0.0337. The lowest BCUT2D eigenvalue weighted by molar-refractivity contribution is -0.0401. The SMILES string of the molecule is CN1CCC2(CC1)CC(O)CO2. The molecule has 3 nitrogen and oxygen atoms in total. The van der Waals surface area contributed by atoms with Crippen LogP contribution < -0.4 is 0 Å². The maximum absolute atomic E-state index is 9.37. The summed E-state index contributed by atoms with van der Waals surface area (Å²) in [4.78, 5) is 2.32. The van der Waals surface area contributed by atoms with Crippen molar-refractivity contribution in [3.63, 3.8) is 0 Å². The van der Waals surface area contributed by atoms with Gasteiger partial charge in [0.2, 0.25) is 0 Å². The zero-order valence-corrected chi connectivity index (χ0v) is 7.62. The molecule has 1 atom stereocenters. The number of nitrogens with zero attached hydrogens (tertiary/aromatic N) is 1. The summed E-state index contributed by atoms with van der Waals surface area (Å²) < 4.78 is 5.67. The predicted molar refractivity (Wildman–Crippen MR) is 46.0 cm³/mol. The molecule has 0 radical (unpaired) electrons. The van der Waals surface area contributed by atoms with E-state index in [-0.39, 0.29) is 11.7 Å². The second-order valence-corrected chi connectivity index (χ2v) is 4.16. The lowest BCUT2D eigenvalue weighted by Gasteiger charge is -2.36. The van der Waals surface area contributed by atoms with Crippen molar-refractivity contribution in [3.8, 4) is 0 Å². The van der Waals surface area contributed by atoms with Crippen LogP contribution in [-0.2, 0) is 4.74 Å². The van der Waals surface area contributed by atoms with E-state index in [0.29, 0.717) is 6.61 Å². The molecular formula is C9H17NO2. The maximum Gasteiger partial charge on any atom is 0.0801 e. The fourth-order valence-corrected chi connectivity index (χ4v) is 2.19. The monoisotopic (exact) mass is 171 g/mol. The van der Waals surface area contributed by atoms with Crippen molar-refractivity contribution in [3.05, 3.63) is 0 Å². The summed E-state index contributed by atoms with van der Waals surface area (Å²) >= 11 is 0. The Hall–Kier alpha value is -0.120. The van der Waals surface area contributed by atoms with Gasteiger partial charge in [0, 0.05) is 19.5 Å². The normalized spacial score (nSPS) is 36.0. The van der Waals surface area contributed by atoms with Gasteiger partial charge in [-0.25, -0.2) is 0 Å². The molecule has 0 saturated carbocycles. The van der Waals surface area contributed by atoms with Crippen LogP contribution in [0.3, 0.4) is 0 Å². The summed E-state index contributed by atoms with van der Waals surface area (Å²) in [5.41, 5.74) is 0.0337. The van der Waals surface area contributed by atoms with Gasteiger partial charge < -0.3 is 14.7 Å². The smallest absolute Gasteiger partial charge is 0.0801 e. The molecule has 12 heavy (non-hydrogen) atoms. The van der Waals surface area contributed by atoms with Crippen LogP contribution in [0.5, 0.6) is 0 Å². The average Bonchev–Trinajstić information content (AvgIpc) is 2.40. The van der Waals surface area contributed by atoms with Gasteiger partial charge in [0.15, 0.2) is 0 Å². The van der Waals surface area contributed by atoms with Gasteiger partial charge in [0.1, 0.15) is 0 Å². The second kappa shape index (κ2) is 2.98. The van der Waals surface area contributed by atoms with Crippen LogP contribution in [-0.4, -0.2) is 48.5 Å². The van der Waals surface area contributed by atoms with Crippen LogP contribution in [0.25, 0.3) is 0 Å². The molecule has 1 spiro atoms. The Morgan fingerprint density at radius 3 is 2.58 bits per heavy atom. The molecule has 2 aliphatic rings. The molecule has 70 valence electrons. The van der Waals surface area contributed by atoms with E-state index in [9.17, 15) is 5.11 Å². The van der Waals surface area contributed by atoms with Crippen LogP contribution in [0.4, 0.5) is 0 Å². The van der Waals surface area contributed by atoms with Crippen molar-refractivity contribution in [2.75, 3.05) is 26.7 Å². The van der Waals surface area contributed by atoms with Gasteiger partial charge in [0.25, 0.3) is 0 Å². The molecule has 2 rings (SSSR count). The highest BCUT2D eigenvalue weighted by atomic mass is 16.5. The molecular weight excluding hydrogens is 154 g/mol. The van der Waals surface area contributed by atoms with Crippen molar-refractivity contribution < 1.29 is 9.84 Å². The standard InChI is InChI=1S/C9H17NO2/c1-10-4-2-9(3-5-10)6-8(11)7-12-9/h8,11H,2-7H2,1H3. The third-order valence-corrected chi connectivity index (χ3v) is 3.09. The number of ether oxygens (including phenoxy) is 1. The Kier molecular flexibility index (Phi) is 2.10. The molecule has 0 amide bonds. The summed E-state index contributed by atoms with van der Waals surface area (Å²) in [6.45, 7) is 2.75. The number of hydrogen-bond acceptors (Lipinski definition) is 3. The Morgan fingerprint density at radius 2 is 2.08 bits per heavy atom. The Bertz CT molecular complexity index is 164. The lowest BCUT2D eigenvalue weighted by atomic mass is 9.88. The van der Waals surface area contributed by atoms with Crippen LogP contribution in [0.15, 0.2) is 0 Å². The van der Waals surface area contributed by atoms with E-state index in [0.717, 1.165) is 32.4 Å². The number of aliphatic hydroxyl groups excluding tert-OH is 1. The Morgan fingerprint density at radius 1 is 1.42 bits per heavy atom. The molecule has 1 N–H and O–H groups in total. The summed E-state index contributed by atoms with van der Waals surface area (Å²) in [6, 6.07) is 0. The van der Waals surface area contributed by atoms with Gasteiger partial charge in [-0.2, -0.15) is 0 Å². The molecule has 0 aliphatic carbocycles. The van der Waals surface area contributed by atoms with E-state index in [2.05, 4.69) is 11.9 Å². The maximum atomic E-state index is 9.37. The third-order valence-electron chi connectivity index (χ3n) is 3.09. The highest BCUT2D eigenvalue weighted by Crippen LogP contribution is 2.35. The molecule has 2 saturated heterocycles. The molecule has 0 aromatic carbocycles. The molecule has 2 heterocycles. The first kappa shape index (κ1) is 8.48. The Labute approximate surface area is 73.3 Å². The Balaban J connectivity index is 1.95. The minimum Gasteiger partial charge on any atom is -0.391 e. The zero-order valence-electron chi connectivity index (χ0n) is 7.62. The number of likely N-dealkylation sites (tertiary alicyclic amines) is 1. The zero-order chi connectivity index (χ0) is 8.60. The average molecular weight is 171 g/mol. The summed E-state index contributed by atoms with van der Waals surface area (Å²) in [5, 5.41) is 9.37. The fourth-order valence-electron chi connectivity index (χ4n) is 2.19. The summed E-state index contributed by atoms with van der Waals surface area (Å²) in [5.74, 6) is 0. The lowest BCUT2D eigenvalue weighted by Crippen LogP contribution is -2.42. The number of piperidine rings is 1. The fraction of sp³-hybridized carbons (Fsp3) is 1.00. The molecule has 1 unspecified atom stereocenters. The number of hydrogen-bond donors (Lipinski definition) is 1. The molecule has 2 aliphatic heterocycles. The van der Waals surface area contributed by atoms with Gasteiger partial charge in [0.05, 0.1) is 18.3 Å². The van der Waals surface area contributed by atoms with Crippen LogP contribution >= 0.6 is 0 Å². The van der Waals surface area contributed by atoms with Crippen molar-refractivity contribution in [1.29, 1.82) is 0 Å². The summed E-state index contributed by atoms with van der Waals surface area (Å²) in [6.07, 6.45) is 2.80. The minimum atomic E-state index is -0.214. The van der Waals surface area contributed by atoms with Gasteiger partial charge >= 0.3 is 0 Å². The van der Waals surface area contributed by atoms with Crippen molar-refractivity contribution in [2.45, 2.75) is 31.0 Å². The highest BCUT2D eigenvalue weighted by molar-refractivity contribution is 4.93. The first-order valence-corrected chi connectivity index (χ1v) is 4.71. The van der Waals surface area contributed by atoms with Gasteiger partial charge in [-0.05, 0) is 19.9 Å². The highest BCUT2D eigenvalue weighted by Gasteiger charge is 2.41. The number of aliphatic hydroxyl groups is 1. The first-order valence-electron chi connectivity index (χ1n) is 4.71. The predicted octanol–water partition coefficient (Wildman–Crippen LogP) is 0.232. The molecule has 2 fully saturated rings. The van der Waals surface area contributed by atoms with Crippen molar-refractivity contribution in [1.82, 2.24) is 4.90 Å².